The highest BCUT2D eigenvalue weighted by Gasteiger charge is 2.09. The standard InChI is InChI=1S/C12H15N3OS/c1-15(12-14-8-11(7-13)17-12)9-4-3-5-10(6-9)16-2/h3-6,8H,7,13H2,1-2H3. The van der Waals surface area contributed by atoms with Gasteiger partial charge in [-0.05, 0) is 12.1 Å². The number of hydrogen-bond donors (Lipinski definition) is 1. The Balaban J connectivity index is 2.26. The molecule has 17 heavy (non-hydrogen) atoms. The number of nitrogens with zero attached hydrogens (tertiary/aromatic N) is 2. The number of hydrogen-bond acceptors (Lipinski definition) is 5. The van der Waals surface area contributed by atoms with Crippen LogP contribution in [0, 0.1) is 0 Å². The summed E-state index contributed by atoms with van der Waals surface area (Å²) in [6.45, 7) is 0.531. The van der Waals surface area contributed by atoms with Gasteiger partial charge in [-0.25, -0.2) is 4.98 Å². The van der Waals surface area contributed by atoms with Crippen molar-refractivity contribution in [2.24, 2.45) is 5.73 Å². The molecule has 1 aromatic carbocycles. The predicted molar refractivity (Wildman–Crippen MR) is 71.1 cm³/mol. The molecule has 0 saturated carbocycles. The lowest BCUT2D eigenvalue weighted by molar-refractivity contribution is 0.415. The third kappa shape index (κ3) is 2.57. The van der Waals surface area contributed by atoms with Crippen LogP contribution in [-0.2, 0) is 6.54 Å². The SMILES string of the molecule is COc1cccc(N(C)c2ncc(CN)s2)c1. The van der Waals surface area contributed by atoms with E-state index in [0.717, 1.165) is 21.4 Å². The first kappa shape index (κ1) is 11.9. The predicted octanol–water partition coefficient (Wildman–Crippen LogP) is 2.38. The average Bonchev–Trinajstić information content (AvgIpc) is 2.86. The molecule has 0 aliphatic rings. The number of benzene rings is 1. The molecule has 90 valence electrons. The van der Waals surface area contributed by atoms with Crippen molar-refractivity contribution in [2.75, 3.05) is 19.1 Å². The smallest absolute Gasteiger partial charge is 0.189 e. The Bertz CT molecular complexity index is 498. The minimum absolute atomic E-state index is 0.531. The Morgan fingerprint density at radius 2 is 2.29 bits per heavy atom. The lowest BCUT2D eigenvalue weighted by Crippen LogP contribution is -2.08. The fourth-order valence-corrected chi connectivity index (χ4v) is 2.25. The Labute approximate surface area is 105 Å². The van der Waals surface area contributed by atoms with Crippen molar-refractivity contribution in [1.82, 2.24) is 4.98 Å². The van der Waals surface area contributed by atoms with Crippen LogP contribution in [-0.4, -0.2) is 19.1 Å². The summed E-state index contributed by atoms with van der Waals surface area (Å²) in [5.41, 5.74) is 6.62. The second-order valence-corrected chi connectivity index (χ2v) is 4.67. The molecule has 0 atom stereocenters. The molecule has 1 aromatic heterocycles. The van der Waals surface area contributed by atoms with Gasteiger partial charge in [0.1, 0.15) is 5.75 Å². The second-order valence-electron chi connectivity index (χ2n) is 3.57. The number of methoxy groups -OCH3 is 1. The summed E-state index contributed by atoms with van der Waals surface area (Å²) in [5.74, 6) is 0.838. The summed E-state index contributed by atoms with van der Waals surface area (Å²) < 4.78 is 5.20. The highest BCUT2D eigenvalue weighted by Crippen LogP contribution is 2.29. The van der Waals surface area contributed by atoms with E-state index in [2.05, 4.69) is 4.98 Å². The van der Waals surface area contributed by atoms with E-state index in [4.69, 9.17) is 10.5 Å². The van der Waals surface area contributed by atoms with Gasteiger partial charge >= 0.3 is 0 Å². The van der Waals surface area contributed by atoms with Gasteiger partial charge in [-0.15, -0.1) is 11.3 Å². The Morgan fingerprint density at radius 1 is 1.47 bits per heavy atom. The van der Waals surface area contributed by atoms with Crippen molar-refractivity contribution in [3.8, 4) is 5.75 Å². The molecule has 0 unspecified atom stereocenters. The highest BCUT2D eigenvalue weighted by atomic mass is 32.1. The van der Waals surface area contributed by atoms with Crippen LogP contribution in [0.3, 0.4) is 0 Å². The monoisotopic (exact) mass is 249 g/mol. The molecule has 0 amide bonds. The van der Waals surface area contributed by atoms with Crippen LogP contribution in [0.25, 0.3) is 0 Å². The molecule has 0 spiro atoms. The van der Waals surface area contributed by atoms with Gasteiger partial charge < -0.3 is 15.4 Å². The fraction of sp³-hybridized carbons (Fsp3) is 0.250. The van der Waals surface area contributed by atoms with Crippen molar-refractivity contribution in [3.05, 3.63) is 35.3 Å². The molecule has 0 fully saturated rings. The molecule has 0 radical (unpaired) electrons. The molecule has 1 heterocycles. The molecule has 0 bridgehead atoms. The number of aromatic nitrogens is 1. The van der Waals surface area contributed by atoms with E-state index >= 15 is 0 Å². The first-order chi connectivity index (χ1) is 8.24. The zero-order valence-electron chi connectivity index (χ0n) is 9.88. The molecule has 2 aromatic rings. The Morgan fingerprint density at radius 3 is 2.94 bits per heavy atom. The number of ether oxygens (including phenoxy) is 1. The number of anilines is 2. The molecule has 5 heteroatoms. The minimum atomic E-state index is 0.531. The normalized spacial score (nSPS) is 10.3. The molecule has 2 N–H and O–H groups in total. The van der Waals surface area contributed by atoms with E-state index in [-0.39, 0.29) is 0 Å². The lowest BCUT2D eigenvalue weighted by atomic mass is 10.3. The molecule has 0 saturated heterocycles. The maximum absolute atomic E-state index is 5.58. The van der Waals surface area contributed by atoms with Crippen molar-refractivity contribution < 1.29 is 4.74 Å². The third-order valence-electron chi connectivity index (χ3n) is 2.47. The highest BCUT2D eigenvalue weighted by molar-refractivity contribution is 7.15. The summed E-state index contributed by atoms with van der Waals surface area (Å²) in [5, 5.41) is 0.929. The van der Waals surface area contributed by atoms with E-state index in [1.807, 2.05) is 42.4 Å². The number of thiazole rings is 1. The third-order valence-corrected chi connectivity index (χ3v) is 3.57. The van der Waals surface area contributed by atoms with Gasteiger partial charge in [-0.2, -0.15) is 0 Å². The minimum Gasteiger partial charge on any atom is -0.497 e. The maximum Gasteiger partial charge on any atom is 0.189 e. The van der Waals surface area contributed by atoms with Crippen LogP contribution in [0.4, 0.5) is 10.8 Å². The van der Waals surface area contributed by atoms with Crippen LogP contribution >= 0.6 is 11.3 Å². The van der Waals surface area contributed by atoms with E-state index in [1.165, 1.54) is 0 Å². The second kappa shape index (κ2) is 5.16. The summed E-state index contributed by atoms with van der Waals surface area (Å²) in [6, 6.07) is 7.88. The molecule has 2 rings (SSSR count). The zero-order chi connectivity index (χ0) is 12.3. The van der Waals surface area contributed by atoms with Crippen molar-refractivity contribution in [1.29, 1.82) is 0 Å². The quantitative estimate of drug-likeness (QED) is 0.904. The first-order valence-corrected chi connectivity index (χ1v) is 6.09. The van der Waals surface area contributed by atoms with Crippen LogP contribution < -0.4 is 15.4 Å². The van der Waals surface area contributed by atoms with E-state index in [0.29, 0.717) is 6.54 Å². The van der Waals surface area contributed by atoms with Crippen LogP contribution in [0.2, 0.25) is 0 Å². The van der Waals surface area contributed by atoms with Crippen molar-refractivity contribution in [3.63, 3.8) is 0 Å². The molecule has 0 aliphatic carbocycles. The molecule has 0 aliphatic heterocycles. The number of nitrogens with two attached hydrogens (primary N) is 1. The first-order valence-electron chi connectivity index (χ1n) is 5.27. The Kier molecular flexibility index (Phi) is 3.61. The molecular formula is C12H15N3OS. The van der Waals surface area contributed by atoms with Crippen molar-refractivity contribution >= 4 is 22.2 Å². The van der Waals surface area contributed by atoms with E-state index in [1.54, 1.807) is 18.4 Å². The summed E-state index contributed by atoms with van der Waals surface area (Å²) in [4.78, 5) is 7.44. The van der Waals surface area contributed by atoms with Crippen molar-refractivity contribution in [2.45, 2.75) is 6.54 Å². The van der Waals surface area contributed by atoms with Gasteiger partial charge in [0.2, 0.25) is 0 Å². The summed E-state index contributed by atoms with van der Waals surface area (Å²) in [7, 11) is 3.64. The van der Waals surface area contributed by atoms with E-state index < -0.39 is 0 Å². The fourth-order valence-electron chi connectivity index (χ4n) is 1.48. The van der Waals surface area contributed by atoms with E-state index in [9.17, 15) is 0 Å². The summed E-state index contributed by atoms with van der Waals surface area (Å²) in [6.07, 6.45) is 1.82. The molecule has 4 nitrogen and oxygen atoms in total. The maximum atomic E-state index is 5.58. The van der Waals surface area contributed by atoms with Crippen LogP contribution in [0.5, 0.6) is 5.75 Å². The van der Waals surface area contributed by atoms with Crippen LogP contribution in [0.1, 0.15) is 4.88 Å². The van der Waals surface area contributed by atoms with Gasteiger partial charge in [0.15, 0.2) is 5.13 Å². The van der Waals surface area contributed by atoms with Gasteiger partial charge in [-0.1, -0.05) is 6.07 Å². The average molecular weight is 249 g/mol. The topological polar surface area (TPSA) is 51.4 Å². The van der Waals surface area contributed by atoms with Gasteiger partial charge in [-0.3, -0.25) is 0 Å². The lowest BCUT2D eigenvalue weighted by Gasteiger charge is -2.16. The number of rotatable bonds is 4. The van der Waals surface area contributed by atoms with Gasteiger partial charge in [0.25, 0.3) is 0 Å². The van der Waals surface area contributed by atoms with Gasteiger partial charge in [0.05, 0.1) is 7.11 Å². The largest absolute Gasteiger partial charge is 0.497 e. The zero-order valence-corrected chi connectivity index (χ0v) is 10.7. The van der Waals surface area contributed by atoms with Crippen LogP contribution in [0.15, 0.2) is 30.5 Å². The van der Waals surface area contributed by atoms with Gasteiger partial charge in [0, 0.05) is 36.4 Å². The summed E-state index contributed by atoms with van der Waals surface area (Å²) >= 11 is 1.60. The molecular weight excluding hydrogens is 234 g/mol. The Hall–Kier alpha value is -1.59.